The number of aryl methyl sites for hydroxylation is 1. The first kappa shape index (κ1) is 16.7. The summed E-state index contributed by atoms with van der Waals surface area (Å²) in [7, 11) is 0. The second kappa shape index (κ2) is 8.68. The van der Waals surface area contributed by atoms with Crippen molar-refractivity contribution in [2.45, 2.75) is 32.7 Å². The molecule has 1 aromatic heterocycles. The van der Waals surface area contributed by atoms with Crippen LogP contribution in [0.2, 0.25) is 0 Å². The number of carbonyl (C=O) groups is 2. The summed E-state index contributed by atoms with van der Waals surface area (Å²) >= 11 is 0. The molecule has 0 unspecified atom stereocenters. The van der Waals surface area contributed by atoms with E-state index in [9.17, 15) is 9.59 Å². The van der Waals surface area contributed by atoms with Crippen LogP contribution in [0.3, 0.4) is 0 Å². The van der Waals surface area contributed by atoms with Gasteiger partial charge in [-0.25, -0.2) is 0 Å². The number of carbonyl (C=O) groups excluding carboxylic acids is 2. The van der Waals surface area contributed by atoms with Crippen molar-refractivity contribution in [1.29, 1.82) is 0 Å². The fraction of sp³-hybridized carbons (Fsp3) is 0.278. The molecule has 120 valence electrons. The summed E-state index contributed by atoms with van der Waals surface area (Å²) in [6.07, 6.45) is 6.60. The average molecular weight is 311 g/mol. The van der Waals surface area contributed by atoms with Crippen LogP contribution in [0.15, 0.2) is 48.8 Å². The summed E-state index contributed by atoms with van der Waals surface area (Å²) < 4.78 is 0. The predicted octanol–water partition coefficient (Wildman–Crippen LogP) is 2.68. The third kappa shape index (κ3) is 5.54. The normalized spacial score (nSPS) is 10.1. The summed E-state index contributed by atoms with van der Waals surface area (Å²) in [6.45, 7) is 2.45. The number of nitrogens with one attached hydrogen (secondary N) is 2. The number of pyridine rings is 1. The number of anilines is 1. The van der Waals surface area contributed by atoms with Gasteiger partial charge in [-0.15, -0.1) is 0 Å². The molecule has 1 heterocycles. The van der Waals surface area contributed by atoms with Crippen molar-refractivity contribution >= 4 is 17.5 Å². The topological polar surface area (TPSA) is 71.1 Å². The van der Waals surface area contributed by atoms with Crippen LogP contribution in [0, 0.1) is 0 Å². The SMILES string of the molecule is CCCCc1ccc(NC(=O)C(=O)NCc2ccncc2)cc1. The van der Waals surface area contributed by atoms with Crippen molar-refractivity contribution in [3.05, 3.63) is 59.9 Å². The fourth-order valence-electron chi connectivity index (χ4n) is 2.09. The Morgan fingerprint density at radius 3 is 2.30 bits per heavy atom. The molecule has 5 heteroatoms. The van der Waals surface area contributed by atoms with Crippen molar-refractivity contribution in [3.63, 3.8) is 0 Å². The van der Waals surface area contributed by atoms with Gasteiger partial charge in [0.2, 0.25) is 0 Å². The van der Waals surface area contributed by atoms with Crippen LogP contribution in [-0.2, 0) is 22.6 Å². The molecule has 0 atom stereocenters. The van der Waals surface area contributed by atoms with E-state index in [1.54, 1.807) is 24.5 Å². The number of benzene rings is 1. The molecule has 2 N–H and O–H groups in total. The Bertz CT molecular complexity index is 639. The van der Waals surface area contributed by atoms with E-state index in [0.29, 0.717) is 12.2 Å². The van der Waals surface area contributed by atoms with Gasteiger partial charge in [0, 0.05) is 24.6 Å². The van der Waals surface area contributed by atoms with Crippen molar-refractivity contribution in [1.82, 2.24) is 10.3 Å². The Morgan fingerprint density at radius 2 is 1.65 bits per heavy atom. The molecule has 0 fully saturated rings. The molecule has 0 aliphatic carbocycles. The third-order valence-electron chi connectivity index (χ3n) is 3.44. The number of hydrogen-bond acceptors (Lipinski definition) is 3. The minimum Gasteiger partial charge on any atom is -0.344 e. The maximum Gasteiger partial charge on any atom is 0.313 e. The standard InChI is InChI=1S/C18H21N3O2/c1-2-3-4-14-5-7-16(8-6-14)21-18(23)17(22)20-13-15-9-11-19-12-10-15/h5-12H,2-4,13H2,1H3,(H,20,22)(H,21,23). The van der Waals surface area contributed by atoms with E-state index in [0.717, 1.165) is 24.8 Å². The molecule has 0 radical (unpaired) electrons. The van der Waals surface area contributed by atoms with Crippen molar-refractivity contribution < 1.29 is 9.59 Å². The van der Waals surface area contributed by atoms with E-state index in [-0.39, 0.29) is 0 Å². The molecule has 1 aromatic carbocycles. The lowest BCUT2D eigenvalue weighted by molar-refractivity contribution is -0.136. The van der Waals surface area contributed by atoms with Crippen LogP contribution >= 0.6 is 0 Å². The minimum absolute atomic E-state index is 0.296. The number of nitrogens with zero attached hydrogens (tertiary/aromatic N) is 1. The fourth-order valence-corrected chi connectivity index (χ4v) is 2.09. The smallest absolute Gasteiger partial charge is 0.313 e. The van der Waals surface area contributed by atoms with Crippen LogP contribution in [0.5, 0.6) is 0 Å². The van der Waals surface area contributed by atoms with Crippen LogP contribution in [0.4, 0.5) is 5.69 Å². The van der Waals surface area contributed by atoms with Gasteiger partial charge in [0.15, 0.2) is 0 Å². The molecule has 0 saturated carbocycles. The highest BCUT2D eigenvalue weighted by molar-refractivity contribution is 6.39. The highest BCUT2D eigenvalue weighted by Gasteiger charge is 2.13. The number of amides is 2. The molecular weight excluding hydrogens is 290 g/mol. The lowest BCUT2D eigenvalue weighted by Crippen LogP contribution is -2.34. The van der Waals surface area contributed by atoms with Gasteiger partial charge in [-0.05, 0) is 48.2 Å². The van der Waals surface area contributed by atoms with Gasteiger partial charge >= 0.3 is 11.8 Å². The van der Waals surface area contributed by atoms with Gasteiger partial charge < -0.3 is 10.6 Å². The Labute approximate surface area is 136 Å². The number of hydrogen-bond donors (Lipinski definition) is 2. The highest BCUT2D eigenvalue weighted by Crippen LogP contribution is 2.11. The lowest BCUT2D eigenvalue weighted by Gasteiger charge is -2.07. The van der Waals surface area contributed by atoms with E-state index in [4.69, 9.17) is 0 Å². The van der Waals surface area contributed by atoms with Gasteiger partial charge in [-0.2, -0.15) is 0 Å². The number of unbranched alkanes of at least 4 members (excludes halogenated alkanes) is 1. The highest BCUT2D eigenvalue weighted by atomic mass is 16.2. The van der Waals surface area contributed by atoms with Gasteiger partial charge in [0.1, 0.15) is 0 Å². The first-order valence-electron chi connectivity index (χ1n) is 7.76. The Kier molecular flexibility index (Phi) is 6.29. The monoisotopic (exact) mass is 311 g/mol. The molecule has 23 heavy (non-hydrogen) atoms. The number of rotatable bonds is 6. The van der Waals surface area contributed by atoms with Crippen molar-refractivity contribution in [2.75, 3.05) is 5.32 Å². The van der Waals surface area contributed by atoms with E-state index in [2.05, 4.69) is 22.5 Å². The van der Waals surface area contributed by atoms with E-state index < -0.39 is 11.8 Å². The van der Waals surface area contributed by atoms with Crippen LogP contribution < -0.4 is 10.6 Å². The Morgan fingerprint density at radius 1 is 0.957 bits per heavy atom. The molecule has 2 aromatic rings. The van der Waals surface area contributed by atoms with E-state index >= 15 is 0 Å². The largest absolute Gasteiger partial charge is 0.344 e. The molecule has 0 saturated heterocycles. The zero-order chi connectivity index (χ0) is 16.5. The van der Waals surface area contributed by atoms with E-state index in [1.807, 2.05) is 24.3 Å². The molecule has 0 aliphatic rings. The first-order chi connectivity index (χ1) is 11.2. The lowest BCUT2D eigenvalue weighted by atomic mass is 10.1. The number of aromatic nitrogens is 1. The molecule has 0 bridgehead atoms. The summed E-state index contributed by atoms with van der Waals surface area (Å²) in [6, 6.07) is 11.2. The zero-order valence-corrected chi connectivity index (χ0v) is 13.2. The maximum atomic E-state index is 11.9. The quantitative estimate of drug-likeness (QED) is 0.806. The van der Waals surface area contributed by atoms with Crippen molar-refractivity contribution in [3.8, 4) is 0 Å². The zero-order valence-electron chi connectivity index (χ0n) is 13.2. The second-order valence-electron chi connectivity index (χ2n) is 5.29. The first-order valence-corrected chi connectivity index (χ1v) is 7.76. The molecular formula is C18H21N3O2. The van der Waals surface area contributed by atoms with E-state index in [1.165, 1.54) is 5.56 Å². The van der Waals surface area contributed by atoms with Crippen LogP contribution in [0.25, 0.3) is 0 Å². The second-order valence-corrected chi connectivity index (χ2v) is 5.29. The molecule has 2 rings (SSSR count). The predicted molar refractivity (Wildman–Crippen MR) is 89.8 cm³/mol. The van der Waals surface area contributed by atoms with Crippen molar-refractivity contribution in [2.24, 2.45) is 0 Å². The Balaban J connectivity index is 1.82. The van der Waals surface area contributed by atoms with Crippen LogP contribution in [0.1, 0.15) is 30.9 Å². The van der Waals surface area contributed by atoms with Gasteiger partial charge in [-0.3, -0.25) is 14.6 Å². The molecule has 0 spiro atoms. The summed E-state index contributed by atoms with van der Waals surface area (Å²) in [5.74, 6) is -1.32. The summed E-state index contributed by atoms with van der Waals surface area (Å²) in [4.78, 5) is 27.5. The summed E-state index contributed by atoms with van der Waals surface area (Å²) in [5.41, 5.74) is 2.74. The average Bonchev–Trinajstić information content (AvgIpc) is 2.60. The Hall–Kier alpha value is -2.69. The molecule has 0 aliphatic heterocycles. The third-order valence-corrected chi connectivity index (χ3v) is 3.44. The molecule has 2 amide bonds. The maximum absolute atomic E-state index is 11.9. The minimum atomic E-state index is -0.666. The molecule has 5 nitrogen and oxygen atoms in total. The van der Waals surface area contributed by atoms with Gasteiger partial charge in [0.05, 0.1) is 0 Å². The summed E-state index contributed by atoms with van der Waals surface area (Å²) in [5, 5.41) is 5.18. The van der Waals surface area contributed by atoms with Crippen LogP contribution in [-0.4, -0.2) is 16.8 Å². The van der Waals surface area contributed by atoms with Gasteiger partial charge in [0.25, 0.3) is 0 Å². The van der Waals surface area contributed by atoms with Gasteiger partial charge in [-0.1, -0.05) is 25.5 Å².